The first-order valence-electron chi connectivity index (χ1n) is 6.02. The molecule has 4 nitrogen and oxygen atoms in total. The molecule has 1 aromatic rings. The maximum atomic E-state index is 13.4. The van der Waals surface area contributed by atoms with Gasteiger partial charge in [-0.05, 0) is 32.5 Å². The van der Waals surface area contributed by atoms with Crippen molar-refractivity contribution >= 4 is 5.84 Å². The van der Waals surface area contributed by atoms with Crippen LogP contribution in [0.5, 0.6) is 0 Å². The van der Waals surface area contributed by atoms with Gasteiger partial charge in [0.15, 0.2) is 0 Å². The maximum absolute atomic E-state index is 13.4. The van der Waals surface area contributed by atoms with E-state index in [1.54, 1.807) is 12.1 Å². The smallest absolute Gasteiger partial charge is 0.139 e. The molecule has 0 saturated heterocycles. The van der Waals surface area contributed by atoms with E-state index in [9.17, 15) is 4.39 Å². The molecule has 0 bridgehead atoms. The summed E-state index contributed by atoms with van der Waals surface area (Å²) >= 11 is 0. The first-order chi connectivity index (χ1) is 8.63. The molecule has 0 saturated carbocycles. The van der Waals surface area contributed by atoms with E-state index in [0.29, 0.717) is 18.5 Å². The van der Waals surface area contributed by atoms with Crippen molar-refractivity contribution in [2.45, 2.75) is 25.8 Å². The Hall–Kier alpha value is -1.62. The minimum absolute atomic E-state index is 0.166. The molecular formula is C13H20FN3O. The third-order valence-corrected chi connectivity index (χ3v) is 2.75. The third-order valence-electron chi connectivity index (χ3n) is 2.75. The summed E-state index contributed by atoms with van der Waals surface area (Å²) in [7, 11) is 1.95. The highest BCUT2D eigenvalue weighted by molar-refractivity contribution is 5.79. The summed E-state index contributed by atoms with van der Waals surface area (Å²) in [6.45, 7) is 1.45. The summed E-state index contributed by atoms with van der Waals surface area (Å²) in [4.78, 5) is 2.06. The van der Waals surface area contributed by atoms with E-state index in [1.807, 2.05) is 13.1 Å². The number of nitrogens with two attached hydrogens (primary N) is 1. The molecule has 1 rings (SSSR count). The van der Waals surface area contributed by atoms with Crippen LogP contribution in [-0.2, 0) is 6.54 Å². The highest BCUT2D eigenvalue weighted by Crippen LogP contribution is 2.09. The van der Waals surface area contributed by atoms with Crippen molar-refractivity contribution in [3.63, 3.8) is 0 Å². The Labute approximate surface area is 107 Å². The largest absolute Gasteiger partial charge is 0.409 e. The molecule has 0 heterocycles. The van der Waals surface area contributed by atoms with E-state index in [2.05, 4.69) is 10.1 Å². The fourth-order valence-corrected chi connectivity index (χ4v) is 1.73. The molecule has 1 aromatic carbocycles. The average molecular weight is 253 g/mol. The summed E-state index contributed by atoms with van der Waals surface area (Å²) < 4.78 is 13.4. The van der Waals surface area contributed by atoms with Gasteiger partial charge < -0.3 is 15.8 Å². The van der Waals surface area contributed by atoms with Crippen molar-refractivity contribution in [1.29, 1.82) is 0 Å². The van der Waals surface area contributed by atoms with Crippen molar-refractivity contribution in [3.05, 3.63) is 35.6 Å². The number of benzene rings is 1. The van der Waals surface area contributed by atoms with E-state index in [1.165, 1.54) is 6.07 Å². The molecule has 0 atom stereocenters. The molecule has 0 spiro atoms. The minimum Gasteiger partial charge on any atom is -0.409 e. The first-order valence-corrected chi connectivity index (χ1v) is 6.02. The van der Waals surface area contributed by atoms with Crippen LogP contribution in [0.25, 0.3) is 0 Å². The molecule has 18 heavy (non-hydrogen) atoms. The zero-order valence-corrected chi connectivity index (χ0v) is 10.6. The molecule has 0 aromatic heterocycles. The van der Waals surface area contributed by atoms with Crippen molar-refractivity contribution in [3.8, 4) is 0 Å². The number of rotatable bonds is 7. The quantitative estimate of drug-likeness (QED) is 0.257. The fraction of sp³-hybridized carbons (Fsp3) is 0.462. The predicted molar refractivity (Wildman–Crippen MR) is 70.0 cm³/mol. The van der Waals surface area contributed by atoms with E-state index >= 15 is 0 Å². The zero-order chi connectivity index (χ0) is 13.4. The Kier molecular flexibility index (Phi) is 6.14. The zero-order valence-electron chi connectivity index (χ0n) is 10.6. The molecule has 0 amide bonds. The number of nitrogens with zero attached hydrogens (tertiary/aromatic N) is 2. The van der Waals surface area contributed by atoms with E-state index < -0.39 is 0 Å². The normalized spacial score (nSPS) is 12.1. The van der Waals surface area contributed by atoms with E-state index in [-0.39, 0.29) is 11.7 Å². The molecule has 0 fully saturated rings. The summed E-state index contributed by atoms with van der Waals surface area (Å²) in [6.07, 6.45) is 2.38. The Morgan fingerprint density at radius 2 is 2.11 bits per heavy atom. The van der Waals surface area contributed by atoms with Gasteiger partial charge in [0, 0.05) is 18.5 Å². The average Bonchev–Trinajstić information content (AvgIpc) is 2.37. The van der Waals surface area contributed by atoms with Gasteiger partial charge >= 0.3 is 0 Å². The summed E-state index contributed by atoms with van der Waals surface area (Å²) in [5, 5.41) is 11.3. The molecule has 100 valence electrons. The highest BCUT2D eigenvalue weighted by atomic mass is 19.1. The Balaban J connectivity index is 2.26. The van der Waals surface area contributed by atoms with Gasteiger partial charge in [-0.2, -0.15) is 0 Å². The number of hydrogen-bond acceptors (Lipinski definition) is 3. The van der Waals surface area contributed by atoms with Crippen molar-refractivity contribution in [1.82, 2.24) is 4.90 Å². The number of amidine groups is 1. The number of unbranched alkanes of at least 4 members (excludes halogenated alkanes) is 1. The lowest BCUT2D eigenvalue weighted by molar-refractivity contribution is 0.310. The third kappa shape index (κ3) is 5.14. The molecule has 0 aliphatic heterocycles. The van der Waals surface area contributed by atoms with Crippen LogP contribution >= 0.6 is 0 Å². The van der Waals surface area contributed by atoms with Crippen LogP contribution in [0.1, 0.15) is 24.8 Å². The van der Waals surface area contributed by atoms with Crippen LogP contribution in [0.15, 0.2) is 29.4 Å². The molecule has 3 N–H and O–H groups in total. The summed E-state index contributed by atoms with van der Waals surface area (Å²) in [5.41, 5.74) is 6.08. The van der Waals surface area contributed by atoms with Crippen LogP contribution in [0.3, 0.4) is 0 Å². The molecule has 0 unspecified atom stereocenters. The van der Waals surface area contributed by atoms with E-state index in [0.717, 1.165) is 19.4 Å². The summed E-state index contributed by atoms with van der Waals surface area (Å²) in [5.74, 6) is 0.0905. The number of oxime groups is 1. The van der Waals surface area contributed by atoms with Crippen molar-refractivity contribution < 1.29 is 9.60 Å². The van der Waals surface area contributed by atoms with Gasteiger partial charge in [0.05, 0.1) is 0 Å². The lowest BCUT2D eigenvalue weighted by Crippen LogP contribution is -2.20. The summed E-state index contributed by atoms with van der Waals surface area (Å²) in [6, 6.07) is 6.80. The van der Waals surface area contributed by atoms with Crippen LogP contribution in [0.4, 0.5) is 4.39 Å². The van der Waals surface area contributed by atoms with Gasteiger partial charge in [-0.15, -0.1) is 0 Å². The second kappa shape index (κ2) is 7.66. The fourth-order valence-electron chi connectivity index (χ4n) is 1.73. The van der Waals surface area contributed by atoms with Crippen LogP contribution in [-0.4, -0.2) is 29.5 Å². The molecule has 0 aliphatic rings. The van der Waals surface area contributed by atoms with Gasteiger partial charge in [-0.1, -0.05) is 23.4 Å². The predicted octanol–water partition coefficient (Wildman–Crippen LogP) is 2.17. The van der Waals surface area contributed by atoms with Crippen LogP contribution < -0.4 is 5.73 Å². The van der Waals surface area contributed by atoms with Crippen molar-refractivity contribution in [2.75, 3.05) is 13.6 Å². The maximum Gasteiger partial charge on any atom is 0.139 e. The molecule has 0 aliphatic carbocycles. The van der Waals surface area contributed by atoms with Crippen molar-refractivity contribution in [2.24, 2.45) is 10.9 Å². The van der Waals surface area contributed by atoms with Gasteiger partial charge in [0.1, 0.15) is 11.7 Å². The Morgan fingerprint density at radius 3 is 2.78 bits per heavy atom. The van der Waals surface area contributed by atoms with Gasteiger partial charge in [-0.25, -0.2) is 4.39 Å². The van der Waals surface area contributed by atoms with Gasteiger partial charge in [0.2, 0.25) is 0 Å². The second-order valence-electron chi connectivity index (χ2n) is 4.38. The van der Waals surface area contributed by atoms with Crippen LogP contribution in [0, 0.1) is 5.82 Å². The molecule has 5 heteroatoms. The molecule has 0 radical (unpaired) electrons. The first kappa shape index (κ1) is 14.4. The SMILES string of the molecule is CN(CCCCC(N)=NO)Cc1ccccc1F. The lowest BCUT2D eigenvalue weighted by Gasteiger charge is -2.16. The minimum atomic E-state index is -0.166. The monoisotopic (exact) mass is 253 g/mol. The Morgan fingerprint density at radius 1 is 1.39 bits per heavy atom. The van der Waals surface area contributed by atoms with Gasteiger partial charge in [-0.3, -0.25) is 0 Å². The second-order valence-corrected chi connectivity index (χ2v) is 4.38. The number of halogens is 1. The lowest BCUT2D eigenvalue weighted by atomic mass is 10.2. The highest BCUT2D eigenvalue weighted by Gasteiger charge is 2.04. The standard InChI is InChI=1S/C13H20FN3O/c1-17(9-5-4-8-13(15)16-18)10-11-6-2-3-7-12(11)14/h2-3,6-7,18H,4-5,8-10H2,1H3,(H2,15,16). The van der Waals surface area contributed by atoms with Crippen LogP contribution in [0.2, 0.25) is 0 Å². The molecular weight excluding hydrogens is 233 g/mol. The Bertz CT molecular complexity index is 396. The van der Waals surface area contributed by atoms with E-state index in [4.69, 9.17) is 10.9 Å². The number of hydrogen-bond donors (Lipinski definition) is 2. The van der Waals surface area contributed by atoms with Gasteiger partial charge in [0.25, 0.3) is 0 Å². The topological polar surface area (TPSA) is 61.8 Å².